The second-order valence-corrected chi connectivity index (χ2v) is 8.75. The van der Waals surface area contributed by atoms with Crippen molar-refractivity contribution in [2.45, 2.75) is 30.2 Å². The molecule has 1 amide bonds. The van der Waals surface area contributed by atoms with Gasteiger partial charge in [0.2, 0.25) is 15.9 Å². The van der Waals surface area contributed by atoms with Gasteiger partial charge in [-0.15, -0.1) is 0 Å². The average molecular weight is 427 g/mol. The highest BCUT2D eigenvalue weighted by molar-refractivity contribution is 9.10. The van der Waals surface area contributed by atoms with E-state index in [-0.39, 0.29) is 10.8 Å². The molecule has 1 fully saturated rings. The standard InChI is InChI=1S/C16H19BrN4O3S/c1-20-11-9-15(19-20)18-16(22)14-4-2-3-10-21(14)25(23,24)13-7-5-12(17)6-8-13/h5-9,11,14H,2-4,10H2,1H3,(H,18,19,22)/t14-/m0/s1. The van der Waals surface area contributed by atoms with Crippen LogP contribution in [0.1, 0.15) is 19.3 Å². The number of amides is 1. The number of piperidine rings is 1. The van der Waals surface area contributed by atoms with E-state index in [0.717, 1.165) is 17.3 Å². The van der Waals surface area contributed by atoms with Crippen molar-refractivity contribution in [1.82, 2.24) is 14.1 Å². The fourth-order valence-electron chi connectivity index (χ4n) is 2.89. The number of aryl methyl sites for hydroxylation is 1. The normalized spacial score (nSPS) is 18.9. The van der Waals surface area contributed by atoms with Gasteiger partial charge in [0.05, 0.1) is 4.90 Å². The molecule has 1 aliphatic rings. The lowest BCUT2D eigenvalue weighted by molar-refractivity contribution is -0.120. The zero-order valence-corrected chi connectivity index (χ0v) is 16.1. The van der Waals surface area contributed by atoms with Gasteiger partial charge in [0.15, 0.2) is 5.82 Å². The van der Waals surface area contributed by atoms with Crippen molar-refractivity contribution in [2.24, 2.45) is 7.05 Å². The number of benzene rings is 1. The van der Waals surface area contributed by atoms with Gasteiger partial charge in [0, 0.05) is 30.3 Å². The maximum absolute atomic E-state index is 13.0. The summed E-state index contributed by atoms with van der Waals surface area (Å²) in [7, 11) is -1.98. The van der Waals surface area contributed by atoms with E-state index >= 15 is 0 Å². The lowest BCUT2D eigenvalue weighted by atomic mass is 10.0. The fraction of sp³-hybridized carbons (Fsp3) is 0.375. The lowest BCUT2D eigenvalue weighted by Gasteiger charge is -2.33. The quantitative estimate of drug-likeness (QED) is 0.812. The number of nitrogens with zero attached hydrogens (tertiary/aromatic N) is 3. The minimum absolute atomic E-state index is 0.188. The van der Waals surface area contributed by atoms with Crippen molar-refractivity contribution in [1.29, 1.82) is 0 Å². The van der Waals surface area contributed by atoms with Gasteiger partial charge >= 0.3 is 0 Å². The molecule has 0 bridgehead atoms. The Morgan fingerprint density at radius 2 is 1.96 bits per heavy atom. The Balaban J connectivity index is 1.84. The zero-order valence-electron chi connectivity index (χ0n) is 13.7. The highest BCUT2D eigenvalue weighted by atomic mass is 79.9. The van der Waals surface area contributed by atoms with Crippen LogP contribution in [0.2, 0.25) is 0 Å². The van der Waals surface area contributed by atoms with Crippen LogP contribution in [-0.2, 0) is 21.9 Å². The Hall–Kier alpha value is -1.71. The molecule has 1 aromatic carbocycles. The van der Waals surface area contributed by atoms with Crippen LogP contribution in [0.3, 0.4) is 0 Å². The maximum atomic E-state index is 13.0. The summed E-state index contributed by atoms with van der Waals surface area (Å²) >= 11 is 3.30. The first-order valence-electron chi connectivity index (χ1n) is 7.96. The zero-order chi connectivity index (χ0) is 18.0. The van der Waals surface area contributed by atoms with Crippen molar-refractivity contribution in [3.63, 3.8) is 0 Å². The average Bonchev–Trinajstić information content (AvgIpc) is 3.00. The number of hydrogen-bond acceptors (Lipinski definition) is 4. The molecule has 2 heterocycles. The number of hydrogen-bond donors (Lipinski definition) is 1. The molecule has 0 spiro atoms. The molecule has 0 radical (unpaired) electrons. The van der Waals surface area contributed by atoms with Gasteiger partial charge in [-0.05, 0) is 37.1 Å². The number of rotatable bonds is 4. The Morgan fingerprint density at radius 3 is 2.60 bits per heavy atom. The number of carbonyl (C=O) groups excluding carboxylic acids is 1. The Bertz CT molecular complexity index is 864. The number of aromatic nitrogens is 2. The van der Waals surface area contributed by atoms with Crippen LogP contribution in [0.25, 0.3) is 0 Å². The largest absolute Gasteiger partial charge is 0.308 e. The molecule has 0 aliphatic carbocycles. The summed E-state index contributed by atoms with van der Waals surface area (Å²) in [6, 6.07) is 7.39. The summed E-state index contributed by atoms with van der Waals surface area (Å²) < 4.78 is 29.6. The maximum Gasteiger partial charge on any atom is 0.244 e. The molecule has 9 heteroatoms. The number of anilines is 1. The lowest BCUT2D eigenvalue weighted by Crippen LogP contribution is -2.49. The van der Waals surface area contributed by atoms with Crippen LogP contribution in [0.4, 0.5) is 5.82 Å². The van der Waals surface area contributed by atoms with Gasteiger partial charge in [-0.25, -0.2) is 8.42 Å². The third kappa shape index (κ3) is 3.94. The molecule has 1 saturated heterocycles. The first kappa shape index (κ1) is 18.1. The van der Waals surface area contributed by atoms with Crippen molar-refractivity contribution < 1.29 is 13.2 Å². The second kappa shape index (κ2) is 7.27. The third-order valence-corrected chi connectivity index (χ3v) is 6.59. The van der Waals surface area contributed by atoms with Gasteiger partial charge in [0.1, 0.15) is 6.04 Å². The monoisotopic (exact) mass is 426 g/mol. The van der Waals surface area contributed by atoms with Crippen molar-refractivity contribution in [3.05, 3.63) is 41.0 Å². The summed E-state index contributed by atoms with van der Waals surface area (Å²) in [5.74, 6) is 0.0677. The molecule has 3 rings (SSSR count). The minimum atomic E-state index is -3.73. The molecular weight excluding hydrogens is 408 g/mol. The van der Waals surface area contributed by atoms with Crippen molar-refractivity contribution >= 4 is 37.7 Å². The predicted molar refractivity (Wildman–Crippen MR) is 97.5 cm³/mol. The number of nitrogens with one attached hydrogen (secondary N) is 1. The number of sulfonamides is 1. The first-order valence-corrected chi connectivity index (χ1v) is 10.2. The second-order valence-electron chi connectivity index (χ2n) is 5.95. The third-order valence-electron chi connectivity index (χ3n) is 4.14. The van der Waals surface area contributed by atoms with E-state index < -0.39 is 16.1 Å². The van der Waals surface area contributed by atoms with E-state index in [4.69, 9.17) is 0 Å². The van der Waals surface area contributed by atoms with E-state index in [2.05, 4.69) is 26.3 Å². The minimum Gasteiger partial charge on any atom is -0.308 e. The summed E-state index contributed by atoms with van der Waals surface area (Å²) in [6.45, 7) is 0.332. The predicted octanol–water partition coefficient (Wildman–Crippen LogP) is 2.36. The summed E-state index contributed by atoms with van der Waals surface area (Å²) in [4.78, 5) is 12.8. The van der Waals surface area contributed by atoms with Crippen LogP contribution in [0.5, 0.6) is 0 Å². The molecule has 134 valence electrons. The van der Waals surface area contributed by atoms with E-state index in [1.165, 1.54) is 4.31 Å². The van der Waals surface area contributed by atoms with E-state index in [9.17, 15) is 13.2 Å². The van der Waals surface area contributed by atoms with Crippen LogP contribution >= 0.6 is 15.9 Å². The fourth-order valence-corrected chi connectivity index (χ4v) is 4.81. The molecular formula is C16H19BrN4O3S. The molecule has 2 aromatic rings. The van der Waals surface area contributed by atoms with Gasteiger partial charge in [-0.3, -0.25) is 9.48 Å². The smallest absolute Gasteiger partial charge is 0.244 e. The number of halogens is 1. The van der Waals surface area contributed by atoms with Crippen molar-refractivity contribution in [3.8, 4) is 0 Å². The highest BCUT2D eigenvalue weighted by Gasteiger charge is 2.37. The highest BCUT2D eigenvalue weighted by Crippen LogP contribution is 2.27. The van der Waals surface area contributed by atoms with E-state index in [0.29, 0.717) is 18.8 Å². The summed E-state index contributed by atoms with van der Waals surface area (Å²) in [5.41, 5.74) is 0. The first-order chi connectivity index (χ1) is 11.9. The molecule has 1 aliphatic heterocycles. The van der Waals surface area contributed by atoms with Gasteiger partial charge in [0.25, 0.3) is 0 Å². The van der Waals surface area contributed by atoms with E-state index in [1.54, 1.807) is 48.3 Å². The molecule has 1 N–H and O–H groups in total. The Labute approximate surface area is 155 Å². The van der Waals surface area contributed by atoms with Crippen molar-refractivity contribution in [2.75, 3.05) is 11.9 Å². The van der Waals surface area contributed by atoms with Gasteiger partial charge < -0.3 is 5.32 Å². The van der Waals surface area contributed by atoms with Crippen LogP contribution in [0, 0.1) is 0 Å². The summed E-state index contributed by atoms with van der Waals surface area (Å²) in [5, 5.41) is 6.82. The van der Waals surface area contributed by atoms with Crippen LogP contribution in [-0.4, -0.2) is 41.0 Å². The number of carbonyl (C=O) groups is 1. The topological polar surface area (TPSA) is 84.3 Å². The van der Waals surface area contributed by atoms with Gasteiger partial charge in [-0.2, -0.15) is 9.40 Å². The Kier molecular flexibility index (Phi) is 5.26. The molecule has 0 saturated carbocycles. The molecule has 25 heavy (non-hydrogen) atoms. The van der Waals surface area contributed by atoms with Crippen LogP contribution in [0.15, 0.2) is 45.9 Å². The summed E-state index contributed by atoms with van der Waals surface area (Å²) in [6.07, 6.45) is 3.76. The van der Waals surface area contributed by atoms with E-state index in [1.807, 2.05) is 0 Å². The molecule has 1 atom stereocenters. The molecule has 1 aromatic heterocycles. The SMILES string of the molecule is Cn1ccc(NC(=O)[C@@H]2CCCCN2S(=O)(=O)c2ccc(Br)cc2)n1. The molecule has 0 unspecified atom stereocenters. The van der Waals surface area contributed by atoms with Gasteiger partial charge in [-0.1, -0.05) is 22.4 Å². The Morgan fingerprint density at radius 1 is 1.24 bits per heavy atom. The molecule has 7 nitrogen and oxygen atoms in total. The van der Waals surface area contributed by atoms with Crippen LogP contribution < -0.4 is 5.32 Å².